The van der Waals surface area contributed by atoms with E-state index >= 15 is 0 Å². The first-order chi connectivity index (χ1) is 10.3. The minimum atomic E-state index is 0.265. The third-order valence-electron chi connectivity index (χ3n) is 4.74. The Morgan fingerprint density at radius 2 is 2.00 bits per heavy atom. The molecule has 2 aromatic rings. The smallest absolute Gasteiger partial charge is 0.0705 e. The molecule has 1 aromatic heterocycles. The van der Waals surface area contributed by atoms with E-state index in [1.54, 1.807) is 0 Å². The van der Waals surface area contributed by atoms with Crippen molar-refractivity contribution in [2.45, 2.75) is 57.4 Å². The van der Waals surface area contributed by atoms with Gasteiger partial charge in [-0.05, 0) is 37.9 Å². The van der Waals surface area contributed by atoms with Crippen LogP contribution in [0.1, 0.15) is 51.1 Å². The third-order valence-corrected chi connectivity index (χ3v) is 4.74. The molecule has 2 heterocycles. The molecule has 1 fully saturated rings. The molecule has 1 unspecified atom stereocenters. The van der Waals surface area contributed by atoms with E-state index in [-0.39, 0.29) is 5.54 Å². The highest BCUT2D eigenvalue weighted by Crippen LogP contribution is 2.28. The van der Waals surface area contributed by atoms with E-state index in [1.165, 1.54) is 49.6 Å². The number of hydrogen-bond acceptors (Lipinski definition) is 2. The first kappa shape index (κ1) is 14.5. The zero-order valence-electron chi connectivity index (χ0n) is 13.1. The number of pyridine rings is 1. The molecular formula is C19H26N2. The standard InChI is InChI=1S/C19H26N2/c1-2-12-19(13-6-3-7-14-20-19)15-17-11-10-16-8-4-5-9-18(16)21-17/h4-5,8-11,20H,2-3,6-7,12-15H2,1H3. The number of rotatable bonds is 4. The van der Waals surface area contributed by atoms with Gasteiger partial charge in [0.2, 0.25) is 0 Å². The summed E-state index contributed by atoms with van der Waals surface area (Å²) < 4.78 is 0. The summed E-state index contributed by atoms with van der Waals surface area (Å²) in [5.41, 5.74) is 2.62. The molecule has 1 N–H and O–H groups in total. The molecule has 112 valence electrons. The van der Waals surface area contributed by atoms with Crippen molar-refractivity contribution < 1.29 is 0 Å². The molecule has 0 saturated carbocycles. The highest BCUT2D eigenvalue weighted by atomic mass is 15.0. The maximum Gasteiger partial charge on any atom is 0.0705 e. The molecule has 0 spiro atoms. The first-order valence-electron chi connectivity index (χ1n) is 8.41. The number of para-hydroxylation sites is 1. The molecule has 2 heteroatoms. The molecule has 1 saturated heterocycles. The van der Waals surface area contributed by atoms with Crippen molar-refractivity contribution in [2.75, 3.05) is 6.54 Å². The van der Waals surface area contributed by atoms with Crippen LogP contribution in [0.25, 0.3) is 10.9 Å². The SMILES string of the molecule is CCCC1(Cc2ccc3ccccc3n2)CCCCCN1. The molecule has 21 heavy (non-hydrogen) atoms. The van der Waals surface area contributed by atoms with Crippen molar-refractivity contribution in [3.05, 3.63) is 42.1 Å². The van der Waals surface area contributed by atoms with Crippen LogP contribution in [-0.4, -0.2) is 17.1 Å². The predicted octanol–water partition coefficient (Wildman–Crippen LogP) is 4.48. The van der Waals surface area contributed by atoms with E-state index in [1.807, 2.05) is 0 Å². The van der Waals surface area contributed by atoms with Crippen LogP contribution in [-0.2, 0) is 6.42 Å². The number of aromatic nitrogens is 1. The van der Waals surface area contributed by atoms with Crippen molar-refractivity contribution in [3.63, 3.8) is 0 Å². The number of benzene rings is 1. The minimum Gasteiger partial charge on any atom is -0.311 e. The average Bonchev–Trinajstić information content (AvgIpc) is 2.73. The van der Waals surface area contributed by atoms with Crippen LogP contribution < -0.4 is 5.32 Å². The highest BCUT2D eigenvalue weighted by molar-refractivity contribution is 5.78. The van der Waals surface area contributed by atoms with Gasteiger partial charge in [-0.3, -0.25) is 4.98 Å². The molecule has 1 aliphatic heterocycles. The largest absolute Gasteiger partial charge is 0.311 e. The van der Waals surface area contributed by atoms with Gasteiger partial charge in [0, 0.05) is 23.0 Å². The summed E-state index contributed by atoms with van der Waals surface area (Å²) in [5, 5.41) is 5.09. The van der Waals surface area contributed by atoms with Crippen molar-refractivity contribution in [1.29, 1.82) is 0 Å². The fraction of sp³-hybridized carbons (Fsp3) is 0.526. The lowest BCUT2D eigenvalue weighted by Crippen LogP contribution is -2.46. The first-order valence-corrected chi connectivity index (χ1v) is 8.41. The molecule has 0 amide bonds. The average molecular weight is 282 g/mol. The second kappa shape index (κ2) is 6.57. The van der Waals surface area contributed by atoms with Gasteiger partial charge in [-0.15, -0.1) is 0 Å². The van der Waals surface area contributed by atoms with Gasteiger partial charge in [0.25, 0.3) is 0 Å². The number of nitrogens with one attached hydrogen (secondary N) is 1. The van der Waals surface area contributed by atoms with Gasteiger partial charge in [0.05, 0.1) is 5.52 Å². The molecule has 0 aliphatic carbocycles. The molecule has 3 rings (SSSR count). The minimum absolute atomic E-state index is 0.265. The Morgan fingerprint density at radius 3 is 2.90 bits per heavy atom. The van der Waals surface area contributed by atoms with Gasteiger partial charge in [-0.2, -0.15) is 0 Å². The topological polar surface area (TPSA) is 24.9 Å². The van der Waals surface area contributed by atoms with E-state index in [4.69, 9.17) is 4.98 Å². The molecule has 1 aromatic carbocycles. The Balaban J connectivity index is 1.86. The quantitative estimate of drug-likeness (QED) is 0.894. The Bertz CT molecular complexity index is 583. The highest BCUT2D eigenvalue weighted by Gasteiger charge is 2.30. The molecule has 0 radical (unpaired) electrons. The predicted molar refractivity (Wildman–Crippen MR) is 89.6 cm³/mol. The molecule has 1 aliphatic rings. The summed E-state index contributed by atoms with van der Waals surface area (Å²) in [7, 11) is 0. The second-order valence-electron chi connectivity index (χ2n) is 6.44. The second-order valence-corrected chi connectivity index (χ2v) is 6.44. The summed E-state index contributed by atoms with van der Waals surface area (Å²) in [6.07, 6.45) is 8.86. The number of fused-ring (bicyclic) bond motifs is 1. The van der Waals surface area contributed by atoms with Crippen LogP contribution >= 0.6 is 0 Å². The fourth-order valence-corrected chi connectivity index (χ4v) is 3.69. The zero-order valence-corrected chi connectivity index (χ0v) is 13.1. The lowest BCUT2D eigenvalue weighted by atomic mass is 9.84. The van der Waals surface area contributed by atoms with E-state index in [2.05, 4.69) is 48.6 Å². The Labute approximate surface area is 128 Å². The van der Waals surface area contributed by atoms with Gasteiger partial charge in [0.1, 0.15) is 0 Å². The van der Waals surface area contributed by atoms with Crippen LogP contribution in [0, 0.1) is 0 Å². The van der Waals surface area contributed by atoms with E-state index in [9.17, 15) is 0 Å². The summed E-state index contributed by atoms with van der Waals surface area (Å²) in [5.74, 6) is 0. The fourth-order valence-electron chi connectivity index (χ4n) is 3.69. The Morgan fingerprint density at radius 1 is 1.10 bits per heavy atom. The van der Waals surface area contributed by atoms with Gasteiger partial charge in [-0.25, -0.2) is 0 Å². The molecule has 1 atom stereocenters. The van der Waals surface area contributed by atoms with E-state index < -0.39 is 0 Å². The van der Waals surface area contributed by atoms with Crippen LogP contribution in [0.2, 0.25) is 0 Å². The summed E-state index contributed by atoms with van der Waals surface area (Å²) >= 11 is 0. The van der Waals surface area contributed by atoms with Crippen molar-refractivity contribution in [3.8, 4) is 0 Å². The Kier molecular flexibility index (Phi) is 4.54. The maximum absolute atomic E-state index is 4.89. The maximum atomic E-state index is 4.89. The third kappa shape index (κ3) is 3.44. The van der Waals surface area contributed by atoms with Crippen LogP contribution in [0.5, 0.6) is 0 Å². The lowest BCUT2D eigenvalue weighted by molar-refractivity contribution is 0.286. The monoisotopic (exact) mass is 282 g/mol. The Hall–Kier alpha value is -1.41. The summed E-state index contributed by atoms with van der Waals surface area (Å²) in [6.45, 7) is 3.45. The van der Waals surface area contributed by atoms with Crippen LogP contribution in [0.3, 0.4) is 0 Å². The van der Waals surface area contributed by atoms with Crippen LogP contribution in [0.15, 0.2) is 36.4 Å². The van der Waals surface area contributed by atoms with Crippen molar-refractivity contribution in [2.24, 2.45) is 0 Å². The van der Waals surface area contributed by atoms with Gasteiger partial charge >= 0.3 is 0 Å². The van der Waals surface area contributed by atoms with Crippen molar-refractivity contribution >= 4 is 10.9 Å². The van der Waals surface area contributed by atoms with E-state index in [0.29, 0.717) is 0 Å². The summed E-state index contributed by atoms with van der Waals surface area (Å²) in [6, 6.07) is 12.8. The van der Waals surface area contributed by atoms with Gasteiger partial charge in [0.15, 0.2) is 0 Å². The number of nitrogens with zero attached hydrogens (tertiary/aromatic N) is 1. The summed E-state index contributed by atoms with van der Waals surface area (Å²) in [4.78, 5) is 4.89. The number of hydrogen-bond donors (Lipinski definition) is 1. The molecular weight excluding hydrogens is 256 g/mol. The normalized spacial score (nSPS) is 23.1. The zero-order chi connectivity index (χ0) is 14.5. The van der Waals surface area contributed by atoms with E-state index in [0.717, 1.165) is 18.5 Å². The molecule has 0 bridgehead atoms. The van der Waals surface area contributed by atoms with Crippen molar-refractivity contribution in [1.82, 2.24) is 10.3 Å². The lowest BCUT2D eigenvalue weighted by Gasteiger charge is -2.33. The molecule has 2 nitrogen and oxygen atoms in total. The van der Waals surface area contributed by atoms with Gasteiger partial charge in [-0.1, -0.05) is 50.5 Å². The van der Waals surface area contributed by atoms with Gasteiger partial charge < -0.3 is 5.32 Å². The van der Waals surface area contributed by atoms with Crippen LogP contribution in [0.4, 0.5) is 0 Å².